The highest BCUT2D eigenvalue weighted by Crippen LogP contribution is 2.21. The van der Waals surface area contributed by atoms with Crippen LogP contribution in [0.3, 0.4) is 0 Å². The lowest BCUT2D eigenvalue weighted by Gasteiger charge is -2.32. The number of aryl methyl sites for hydroxylation is 1. The van der Waals surface area contributed by atoms with Crippen LogP contribution in [0.5, 0.6) is 0 Å². The fourth-order valence-corrected chi connectivity index (χ4v) is 2.46. The second kappa shape index (κ2) is 6.43. The molecule has 1 aliphatic rings. The Morgan fingerprint density at radius 2 is 1.94 bits per heavy atom. The number of hydrogen-bond donors (Lipinski definition) is 0. The van der Waals surface area contributed by atoms with E-state index in [9.17, 15) is 4.79 Å². The molecule has 1 fully saturated rings. The van der Waals surface area contributed by atoms with Crippen LogP contribution in [0, 0.1) is 0 Å². The molecule has 1 heterocycles. The molecule has 1 saturated heterocycles. The Morgan fingerprint density at radius 1 is 1.28 bits per heavy atom. The largest absolute Gasteiger partial charge is 0.454 e. The van der Waals surface area contributed by atoms with E-state index < -0.39 is 0 Å². The lowest BCUT2D eigenvalue weighted by Crippen LogP contribution is -2.36. The molecule has 0 atom stereocenters. The van der Waals surface area contributed by atoms with Crippen LogP contribution in [-0.2, 0) is 16.0 Å². The van der Waals surface area contributed by atoms with E-state index in [0.29, 0.717) is 0 Å². The first-order valence-electron chi connectivity index (χ1n) is 6.70. The van der Waals surface area contributed by atoms with E-state index in [4.69, 9.17) is 4.74 Å². The van der Waals surface area contributed by atoms with E-state index in [0.717, 1.165) is 32.4 Å². The number of anilines is 1. The van der Waals surface area contributed by atoms with Crippen LogP contribution in [0.2, 0.25) is 0 Å². The number of piperidine rings is 1. The number of nitrogens with zero attached hydrogens (tertiary/aromatic N) is 1. The first-order chi connectivity index (χ1) is 8.83. The Bertz CT molecular complexity index is 367. The van der Waals surface area contributed by atoms with Crippen molar-refractivity contribution in [3.63, 3.8) is 0 Å². The Morgan fingerprint density at radius 3 is 2.50 bits per heavy atom. The molecule has 97 valence electrons. The molecule has 3 heteroatoms. The number of carbonyl (C=O) groups excluding carboxylic acids is 1. The summed E-state index contributed by atoms with van der Waals surface area (Å²) in [6, 6.07) is 8.80. The second-order valence-corrected chi connectivity index (χ2v) is 4.80. The maximum absolute atomic E-state index is 10.2. The van der Waals surface area contributed by atoms with Gasteiger partial charge in [-0.1, -0.05) is 25.5 Å². The van der Waals surface area contributed by atoms with Crippen molar-refractivity contribution in [3.05, 3.63) is 29.8 Å². The van der Waals surface area contributed by atoms with E-state index >= 15 is 0 Å². The summed E-state index contributed by atoms with van der Waals surface area (Å²) in [6.45, 7) is 5.63. The second-order valence-electron chi connectivity index (χ2n) is 4.80. The van der Waals surface area contributed by atoms with Gasteiger partial charge in [0.25, 0.3) is 0 Å². The molecule has 1 aromatic rings. The zero-order valence-corrected chi connectivity index (χ0v) is 10.9. The molecule has 0 bridgehead atoms. The van der Waals surface area contributed by atoms with Gasteiger partial charge in [-0.05, 0) is 24.1 Å². The van der Waals surface area contributed by atoms with Crippen LogP contribution >= 0.6 is 0 Å². The molecule has 1 aliphatic heterocycles. The van der Waals surface area contributed by atoms with Crippen LogP contribution in [0.4, 0.5) is 5.69 Å². The lowest BCUT2D eigenvalue weighted by atomic mass is 10.1. The normalized spacial score (nSPS) is 16.6. The van der Waals surface area contributed by atoms with Crippen molar-refractivity contribution in [2.75, 3.05) is 18.0 Å². The molecule has 3 nitrogen and oxygen atoms in total. The number of rotatable bonds is 5. The standard InChI is InChI=1S/C15H20NO2/c1-2-3-13-4-6-14(7-5-13)16-10-8-15(9-11-16)18-12-17/h4-7,15H,2-3,8-11H2,1H3. The van der Waals surface area contributed by atoms with Crippen LogP contribution in [0.15, 0.2) is 24.3 Å². The Kier molecular flexibility index (Phi) is 4.62. The van der Waals surface area contributed by atoms with Gasteiger partial charge < -0.3 is 9.64 Å². The molecule has 0 aromatic heterocycles. The molecule has 0 unspecified atom stereocenters. The van der Waals surface area contributed by atoms with Crippen molar-refractivity contribution in [2.24, 2.45) is 0 Å². The SMILES string of the molecule is CCCc1ccc(N2CCC(O[C]=O)CC2)cc1. The maximum atomic E-state index is 10.2. The fraction of sp³-hybridized carbons (Fsp3) is 0.533. The van der Waals surface area contributed by atoms with Gasteiger partial charge >= 0.3 is 6.47 Å². The Hall–Kier alpha value is -1.51. The molecule has 2 rings (SSSR count). The molecule has 0 spiro atoms. The molecular weight excluding hydrogens is 226 g/mol. The summed E-state index contributed by atoms with van der Waals surface area (Å²) < 4.78 is 4.89. The first-order valence-corrected chi connectivity index (χ1v) is 6.70. The fourth-order valence-electron chi connectivity index (χ4n) is 2.46. The Balaban J connectivity index is 1.90. The minimum Gasteiger partial charge on any atom is -0.454 e. The summed E-state index contributed by atoms with van der Waals surface area (Å²) in [5, 5.41) is 0. The summed E-state index contributed by atoms with van der Waals surface area (Å²) in [7, 11) is 0. The van der Waals surface area contributed by atoms with Crippen molar-refractivity contribution in [2.45, 2.75) is 38.7 Å². The van der Waals surface area contributed by atoms with Crippen molar-refractivity contribution >= 4 is 12.2 Å². The van der Waals surface area contributed by atoms with Crippen LogP contribution < -0.4 is 4.90 Å². The molecular formula is C15H20NO2. The van der Waals surface area contributed by atoms with Gasteiger partial charge in [-0.3, -0.25) is 0 Å². The molecule has 0 saturated carbocycles. The molecule has 0 amide bonds. The third kappa shape index (κ3) is 3.25. The molecule has 1 radical (unpaired) electrons. The van der Waals surface area contributed by atoms with Gasteiger partial charge in [0.2, 0.25) is 0 Å². The quantitative estimate of drug-likeness (QED) is 0.800. The molecule has 0 aliphatic carbocycles. The topological polar surface area (TPSA) is 29.5 Å². The third-order valence-electron chi connectivity index (χ3n) is 3.50. The lowest BCUT2D eigenvalue weighted by molar-refractivity contribution is 0.149. The van der Waals surface area contributed by atoms with Crippen molar-refractivity contribution < 1.29 is 9.53 Å². The van der Waals surface area contributed by atoms with E-state index in [-0.39, 0.29) is 6.10 Å². The molecule has 18 heavy (non-hydrogen) atoms. The van der Waals surface area contributed by atoms with Crippen molar-refractivity contribution in [1.82, 2.24) is 0 Å². The van der Waals surface area contributed by atoms with Crippen LogP contribution in [-0.4, -0.2) is 25.7 Å². The first kappa shape index (κ1) is 12.9. The highest BCUT2D eigenvalue weighted by molar-refractivity contribution is 5.48. The maximum Gasteiger partial charge on any atom is 0.417 e. The molecule has 0 N–H and O–H groups in total. The smallest absolute Gasteiger partial charge is 0.417 e. The van der Waals surface area contributed by atoms with E-state index in [1.807, 2.05) is 0 Å². The summed E-state index contributed by atoms with van der Waals surface area (Å²) in [5.41, 5.74) is 2.67. The third-order valence-corrected chi connectivity index (χ3v) is 3.50. The zero-order valence-electron chi connectivity index (χ0n) is 10.9. The average molecular weight is 246 g/mol. The van der Waals surface area contributed by atoms with Crippen LogP contribution in [0.1, 0.15) is 31.7 Å². The highest BCUT2D eigenvalue weighted by atomic mass is 16.5. The molecule has 1 aromatic carbocycles. The van der Waals surface area contributed by atoms with Crippen molar-refractivity contribution in [3.8, 4) is 0 Å². The highest BCUT2D eigenvalue weighted by Gasteiger charge is 2.20. The zero-order chi connectivity index (χ0) is 12.8. The van der Waals surface area contributed by atoms with E-state index in [1.165, 1.54) is 17.7 Å². The van der Waals surface area contributed by atoms with Gasteiger partial charge in [0.05, 0.1) is 0 Å². The number of hydrogen-bond acceptors (Lipinski definition) is 3. The minimum atomic E-state index is 0.0538. The van der Waals surface area contributed by atoms with E-state index in [2.05, 4.69) is 36.1 Å². The van der Waals surface area contributed by atoms with Gasteiger partial charge in [-0.15, -0.1) is 0 Å². The monoisotopic (exact) mass is 246 g/mol. The van der Waals surface area contributed by atoms with Gasteiger partial charge in [0.1, 0.15) is 6.10 Å². The summed E-state index contributed by atoms with van der Waals surface area (Å²) in [6.07, 6.45) is 4.17. The number of ether oxygens (including phenoxy) is 1. The van der Waals surface area contributed by atoms with Crippen molar-refractivity contribution in [1.29, 1.82) is 0 Å². The summed E-state index contributed by atoms with van der Waals surface area (Å²) in [4.78, 5) is 12.5. The number of benzene rings is 1. The predicted octanol–water partition coefficient (Wildman–Crippen LogP) is 2.69. The summed E-state index contributed by atoms with van der Waals surface area (Å²) in [5.74, 6) is 0. The Labute approximate surface area is 109 Å². The summed E-state index contributed by atoms with van der Waals surface area (Å²) >= 11 is 0. The van der Waals surface area contributed by atoms with Gasteiger partial charge in [-0.2, -0.15) is 0 Å². The average Bonchev–Trinajstić information content (AvgIpc) is 2.41. The predicted molar refractivity (Wildman–Crippen MR) is 72.5 cm³/mol. The van der Waals surface area contributed by atoms with Gasteiger partial charge in [0, 0.05) is 31.6 Å². The van der Waals surface area contributed by atoms with Crippen LogP contribution in [0.25, 0.3) is 0 Å². The van der Waals surface area contributed by atoms with Gasteiger partial charge in [0.15, 0.2) is 0 Å². The van der Waals surface area contributed by atoms with Gasteiger partial charge in [-0.25, -0.2) is 4.79 Å². The minimum absolute atomic E-state index is 0.0538. The van der Waals surface area contributed by atoms with E-state index in [1.54, 1.807) is 6.47 Å².